The smallest absolute Gasteiger partial charge is 0.183 e. The molecule has 0 fully saturated rings. The largest absolute Gasteiger partial charge is 0.387 e. The van der Waals surface area contributed by atoms with Gasteiger partial charge >= 0.3 is 0 Å². The lowest BCUT2D eigenvalue weighted by molar-refractivity contribution is -0.177. The summed E-state index contributed by atoms with van der Waals surface area (Å²) in [5, 5.41) is 9.64. The van der Waals surface area contributed by atoms with Crippen LogP contribution in [0, 0.1) is 5.92 Å². The molecule has 2 unspecified atom stereocenters. The minimum atomic E-state index is -0.644. The predicted molar refractivity (Wildman–Crippen MR) is 46.6 cm³/mol. The summed E-state index contributed by atoms with van der Waals surface area (Å²) in [6.07, 6.45) is -0.394. The second-order valence-corrected chi connectivity index (χ2v) is 2.73. The van der Waals surface area contributed by atoms with Crippen LogP contribution in [0.1, 0.15) is 13.3 Å². The van der Waals surface area contributed by atoms with Gasteiger partial charge in [-0.3, -0.25) is 0 Å². The molecule has 0 aromatic heterocycles. The molecular formula is C8H19NO3. The van der Waals surface area contributed by atoms with Crippen LogP contribution >= 0.6 is 0 Å². The molecule has 0 aliphatic heterocycles. The SMILES string of the molecule is CCC(CN)C(O)C(OC)OC. The van der Waals surface area contributed by atoms with Gasteiger partial charge in [-0.05, 0) is 13.0 Å². The zero-order valence-electron chi connectivity index (χ0n) is 7.99. The molecule has 0 saturated carbocycles. The molecule has 4 nitrogen and oxygen atoms in total. The van der Waals surface area contributed by atoms with Crippen molar-refractivity contribution in [1.82, 2.24) is 0 Å². The normalized spacial score (nSPS) is 16.5. The zero-order chi connectivity index (χ0) is 9.56. The van der Waals surface area contributed by atoms with E-state index in [0.717, 1.165) is 6.42 Å². The van der Waals surface area contributed by atoms with Gasteiger partial charge in [0.2, 0.25) is 0 Å². The monoisotopic (exact) mass is 177 g/mol. The van der Waals surface area contributed by atoms with Gasteiger partial charge in [0.05, 0.1) is 0 Å². The standard InChI is InChI=1S/C8H19NO3/c1-4-6(5-9)7(10)8(11-2)12-3/h6-8,10H,4-5,9H2,1-3H3. The summed E-state index contributed by atoms with van der Waals surface area (Å²) in [4.78, 5) is 0. The maximum absolute atomic E-state index is 9.64. The Bertz CT molecular complexity index is 90.5. The van der Waals surface area contributed by atoms with Crippen LogP contribution in [0.25, 0.3) is 0 Å². The molecule has 0 aliphatic rings. The van der Waals surface area contributed by atoms with Crippen molar-refractivity contribution in [2.45, 2.75) is 25.7 Å². The third-order valence-corrected chi connectivity index (χ3v) is 2.05. The van der Waals surface area contributed by atoms with Crippen molar-refractivity contribution in [3.05, 3.63) is 0 Å². The maximum Gasteiger partial charge on any atom is 0.183 e. The zero-order valence-corrected chi connectivity index (χ0v) is 7.99. The van der Waals surface area contributed by atoms with Crippen molar-refractivity contribution < 1.29 is 14.6 Å². The second-order valence-electron chi connectivity index (χ2n) is 2.73. The average Bonchev–Trinajstić information content (AvgIpc) is 2.09. The van der Waals surface area contributed by atoms with Crippen molar-refractivity contribution in [3.63, 3.8) is 0 Å². The summed E-state index contributed by atoms with van der Waals surface area (Å²) in [6.45, 7) is 2.42. The quantitative estimate of drug-likeness (QED) is 0.558. The summed E-state index contributed by atoms with van der Waals surface area (Å²) >= 11 is 0. The van der Waals surface area contributed by atoms with E-state index in [1.165, 1.54) is 14.2 Å². The molecule has 0 aromatic carbocycles. The Labute approximate surface area is 73.7 Å². The lowest BCUT2D eigenvalue weighted by Crippen LogP contribution is -2.39. The van der Waals surface area contributed by atoms with Gasteiger partial charge in [-0.25, -0.2) is 0 Å². The van der Waals surface area contributed by atoms with Crippen molar-refractivity contribution in [2.24, 2.45) is 11.7 Å². The van der Waals surface area contributed by atoms with E-state index in [2.05, 4.69) is 0 Å². The van der Waals surface area contributed by atoms with Crippen LogP contribution in [0.5, 0.6) is 0 Å². The van der Waals surface area contributed by atoms with Gasteiger partial charge in [-0.2, -0.15) is 0 Å². The Balaban J connectivity index is 4.02. The Morgan fingerprint density at radius 3 is 2.08 bits per heavy atom. The van der Waals surface area contributed by atoms with Gasteiger partial charge in [0.25, 0.3) is 0 Å². The lowest BCUT2D eigenvalue weighted by Gasteiger charge is -2.26. The number of rotatable bonds is 6. The molecule has 74 valence electrons. The number of ether oxygens (including phenoxy) is 2. The van der Waals surface area contributed by atoms with Crippen LogP contribution in [0.15, 0.2) is 0 Å². The molecular weight excluding hydrogens is 158 g/mol. The molecule has 4 heteroatoms. The molecule has 0 aromatic rings. The van der Waals surface area contributed by atoms with Crippen LogP contribution in [0.3, 0.4) is 0 Å². The molecule has 3 N–H and O–H groups in total. The molecule has 0 rings (SSSR count). The Morgan fingerprint density at radius 2 is 1.83 bits per heavy atom. The van der Waals surface area contributed by atoms with Gasteiger partial charge in [-0.1, -0.05) is 6.92 Å². The number of hydrogen-bond acceptors (Lipinski definition) is 4. The van der Waals surface area contributed by atoms with E-state index in [1.54, 1.807) is 0 Å². The van der Waals surface area contributed by atoms with Crippen molar-refractivity contribution in [3.8, 4) is 0 Å². The highest BCUT2D eigenvalue weighted by Crippen LogP contribution is 2.12. The summed E-state index contributed by atoms with van der Waals surface area (Å²) in [5.74, 6) is 0.0369. The van der Waals surface area contributed by atoms with Crippen LogP contribution in [-0.2, 0) is 9.47 Å². The van der Waals surface area contributed by atoms with Crippen LogP contribution in [-0.4, -0.2) is 38.3 Å². The number of nitrogens with two attached hydrogens (primary N) is 1. The van der Waals surface area contributed by atoms with Crippen molar-refractivity contribution >= 4 is 0 Å². The van der Waals surface area contributed by atoms with Crippen molar-refractivity contribution in [1.29, 1.82) is 0 Å². The minimum absolute atomic E-state index is 0.0369. The second kappa shape index (κ2) is 6.37. The summed E-state index contributed by atoms with van der Waals surface area (Å²) < 4.78 is 9.84. The topological polar surface area (TPSA) is 64.7 Å². The fourth-order valence-corrected chi connectivity index (χ4v) is 1.14. The molecule has 0 bridgehead atoms. The van der Waals surface area contributed by atoms with Crippen LogP contribution in [0.2, 0.25) is 0 Å². The van der Waals surface area contributed by atoms with Crippen LogP contribution < -0.4 is 5.73 Å². The summed E-state index contributed by atoms with van der Waals surface area (Å²) in [6, 6.07) is 0. The molecule has 12 heavy (non-hydrogen) atoms. The predicted octanol–water partition coefficient (Wildman–Crippen LogP) is -0.0489. The van der Waals surface area contributed by atoms with Gasteiger partial charge in [0.1, 0.15) is 6.10 Å². The maximum atomic E-state index is 9.64. The first-order valence-electron chi connectivity index (χ1n) is 4.14. The van der Waals surface area contributed by atoms with Crippen molar-refractivity contribution in [2.75, 3.05) is 20.8 Å². The molecule has 0 spiro atoms. The summed E-state index contributed by atoms with van der Waals surface area (Å²) in [7, 11) is 3.00. The van der Waals surface area contributed by atoms with E-state index in [4.69, 9.17) is 15.2 Å². The van der Waals surface area contributed by atoms with Gasteiger partial charge < -0.3 is 20.3 Å². The number of aliphatic hydroxyl groups excluding tert-OH is 1. The van der Waals surface area contributed by atoms with Gasteiger partial charge in [0.15, 0.2) is 6.29 Å². The number of hydrogen-bond donors (Lipinski definition) is 2. The van der Waals surface area contributed by atoms with E-state index in [-0.39, 0.29) is 5.92 Å². The average molecular weight is 177 g/mol. The molecule has 0 aliphatic carbocycles. The molecule has 0 saturated heterocycles. The summed E-state index contributed by atoms with van der Waals surface area (Å²) in [5.41, 5.74) is 5.46. The first-order valence-corrected chi connectivity index (χ1v) is 4.14. The fourth-order valence-electron chi connectivity index (χ4n) is 1.14. The Hall–Kier alpha value is -0.160. The first-order chi connectivity index (χ1) is 5.71. The van der Waals surface area contributed by atoms with Gasteiger partial charge in [-0.15, -0.1) is 0 Å². The molecule has 2 atom stereocenters. The van der Waals surface area contributed by atoms with E-state index in [9.17, 15) is 5.11 Å². The third kappa shape index (κ3) is 3.06. The number of aliphatic hydroxyl groups is 1. The highest BCUT2D eigenvalue weighted by Gasteiger charge is 2.25. The number of methoxy groups -OCH3 is 2. The minimum Gasteiger partial charge on any atom is -0.387 e. The van der Waals surface area contributed by atoms with E-state index in [1.807, 2.05) is 6.92 Å². The Kier molecular flexibility index (Phi) is 6.28. The van der Waals surface area contributed by atoms with E-state index < -0.39 is 12.4 Å². The fraction of sp³-hybridized carbons (Fsp3) is 1.00. The molecule has 0 heterocycles. The highest BCUT2D eigenvalue weighted by atomic mass is 16.7. The van der Waals surface area contributed by atoms with E-state index in [0.29, 0.717) is 6.54 Å². The third-order valence-electron chi connectivity index (χ3n) is 2.05. The van der Waals surface area contributed by atoms with Crippen LogP contribution in [0.4, 0.5) is 0 Å². The van der Waals surface area contributed by atoms with E-state index >= 15 is 0 Å². The molecule has 0 amide bonds. The lowest BCUT2D eigenvalue weighted by atomic mass is 9.99. The van der Waals surface area contributed by atoms with Gasteiger partial charge in [0, 0.05) is 20.1 Å². The Morgan fingerprint density at radius 1 is 1.33 bits per heavy atom. The first kappa shape index (κ1) is 11.8. The highest BCUT2D eigenvalue weighted by molar-refractivity contribution is 4.71. The molecule has 0 radical (unpaired) electrons.